The SMILES string of the molecule is OB(O)c1cc(F)c2nccn2c1. The van der Waals surface area contributed by atoms with Gasteiger partial charge in [-0.2, -0.15) is 0 Å². The molecule has 13 heavy (non-hydrogen) atoms. The van der Waals surface area contributed by atoms with Gasteiger partial charge in [-0.05, 0) is 6.07 Å². The highest BCUT2D eigenvalue weighted by Gasteiger charge is 2.14. The second kappa shape index (κ2) is 2.83. The van der Waals surface area contributed by atoms with E-state index in [-0.39, 0.29) is 11.1 Å². The molecule has 0 radical (unpaired) electrons. The zero-order valence-corrected chi connectivity index (χ0v) is 6.55. The number of aromatic nitrogens is 2. The Morgan fingerprint density at radius 1 is 1.46 bits per heavy atom. The molecule has 0 spiro atoms. The minimum atomic E-state index is -1.67. The summed E-state index contributed by atoms with van der Waals surface area (Å²) in [5.74, 6) is -0.574. The van der Waals surface area contributed by atoms with E-state index in [1.54, 1.807) is 0 Å². The second-order valence-electron chi connectivity index (χ2n) is 2.65. The first-order chi connectivity index (χ1) is 6.18. The van der Waals surface area contributed by atoms with E-state index in [2.05, 4.69) is 4.98 Å². The highest BCUT2D eigenvalue weighted by molar-refractivity contribution is 6.58. The molecule has 0 saturated carbocycles. The van der Waals surface area contributed by atoms with Crippen molar-refractivity contribution < 1.29 is 14.4 Å². The summed E-state index contributed by atoms with van der Waals surface area (Å²) in [5.41, 5.74) is 0.271. The third kappa shape index (κ3) is 1.30. The minimum Gasteiger partial charge on any atom is -0.423 e. The molecule has 0 bridgehead atoms. The van der Waals surface area contributed by atoms with Crippen LogP contribution in [0.2, 0.25) is 0 Å². The minimum absolute atomic E-state index is 0.100. The second-order valence-corrected chi connectivity index (χ2v) is 2.65. The third-order valence-corrected chi connectivity index (χ3v) is 1.76. The number of rotatable bonds is 1. The van der Waals surface area contributed by atoms with Crippen LogP contribution in [0.4, 0.5) is 4.39 Å². The van der Waals surface area contributed by atoms with Crippen LogP contribution in [0.3, 0.4) is 0 Å². The highest BCUT2D eigenvalue weighted by Crippen LogP contribution is 2.04. The number of fused-ring (bicyclic) bond motifs is 1. The molecule has 0 atom stereocenters. The lowest BCUT2D eigenvalue weighted by Gasteiger charge is -2.01. The summed E-state index contributed by atoms with van der Waals surface area (Å²) in [6, 6.07) is 1.05. The van der Waals surface area contributed by atoms with Gasteiger partial charge in [-0.25, -0.2) is 9.37 Å². The first kappa shape index (κ1) is 8.21. The van der Waals surface area contributed by atoms with E-state index in [0.29, 0.717) is 0 Å². The fourth-order valence-corrected chi connectivity index (χ4v) is 1.15. The lowest BCUT2D eigenvalue weighted by atomic mass is 9.82. The molecule has 0 aliphatic rings. The van der Waals surface area contributed by atoms with E-state index >= 15 is 0 Å². The van der Waals surface area contributed by atoms with Crippen LogP contribution >= 0.6 is 0 Å². The zero-order chi connectivity index (χ0) is 9.42. The Morgan fingerprint density at radius 3 is 2.92 bits per heavy atom. The Kier molecular flexibility index (Phi) is 1.79. The van der Waals surface area contributed by atoms with Crippen LogP contribution in [0.15, 0.2) is 24.7 Å². The van der Waals surface area contributed by atoms with Gasteiger partial charge in [-0.1, -0.05) is 0 Å². The van der Waals surface area contributed by atoms with Crippen LogP contribution in [0.5, 0.6) is 0 Å². The molecule has 66 valence electrons. The lowest BCUT2D eigenvalue weighted by molar-refractivity contribution is 0.425. The van der Waals surface area contributed by atoms with Gasteiger partial charge in [0.1, 0.15) is 0 Å². The van der Waals surface area contributed by atoms with Gasteiger partial charge in [-0.3, -0.25) is 0 Å². The van der Waals surface area contributed by atoms with Crippen molar-refractivity contribution in [3.05, 3.63) is 30.5 Å². The Labute approximate surface area is 73.4 Å². The summed E-state index contributed by atoms with van der Waals surface area (Å²) in [5, 5.41) is 17.6. The van der Waals surface area contributed by atoms with Gasteiger partial charge in [0.05, 0.1) is 0 Å². The molecule has 4 nitrogen and oxygen atoms in total. The number of hydrogen-bond donors (Lipinski definition) is 2. The van der Waals surface area contributed by atoms with Crippen LogP contribution in [0.1, 0.15) is 0 Å². The zero-order valence-electron chi connectivity index (χ0n) is 6.55. The molecular weight excluding hydrogens is 174 g/mol. The standard InChI is InChI=1S/C7H6BFN2O2/c9-6-3-5(8(12)13)4-11-2-1-10-7(6)11/h1-4,12-13H. The van der Waals surface area contributed by atoms with Gasteiger partial charge in [0, 0.05) is 24.1 Å². The van der Waals surface area contributed by atoms with E-state index in [1.165, 1.54) is 23.0 Å². The molecule has 0 amide bonds. The summed E-state index contributed by atoms with van der Waals surface area (Å²) in [6.07, 6.45) is 4.38. The van der Waals surface area contributed by atoms with Gasteiger partial charge < -0.3 is 14.4 Å². The third-order valence-electron chi connectivity index (χ3n) is 1.76. The maximum Gasteiger partial charge on any atom is 0.490 e. The van der Waals surface area contributed by atoms with Crippen LogP contribution in [0.25, 0.3) is 5.65 Å². The van der Waals surface area contributed by atoms with Crippen LogP contribution in [0, 0.1) is 5.82 Å². The molecule has 0 fully saturated rings. The van der Waals surface area contributed by atoms with E-state index in [9.17, 15) is 4.39 Å². The molecule has 0 aromatic carbocycles. The van der Waals surface area contributed by atoms with Gasteiger partial charge in [0.15, 0.2) is 11.5 Å². The van der Waals surface area contributed by atoms with E-state index in [0.717, 1.165) is 6.07 Å². The first-order valence-corrected chi connectivity index (χ1v) is 3.67. The van der Waals surface area contributed by atoms with E-state index < -0.39 is 12.9 Å². The van der Waals surface area contributed by atoms with E-state index in [4.69, 9.17) is 10.0 Å². The summed E-state index contributed by atoms with van der Waals surface area (Å²) in [7, 11) is -1.67. The molecule has 2 aromatic rings. The van der Waals surface area contributed by atoms with Crippen molar-refractivity contribution in [1.82, 2.24) is 9.38 Å². The molecule has 0 saturated heterocycles. The maximum atomic E-state index is 13.1. The van der Waals surface area contributed by atoms with Gasteiger partial charge >= 0.3 is 7.12 Å². The molecule has 0 aliphatic carbocycles. The number of pyridine rings is 1. The Hall–Kier alpha value is -1.40. The largest absolute Gasteiger partial charge is 0.490 e. The summed E-state index contributed by atoms with van der Waals surface area (Å²) in [6.45, 7) is 0. The van der Waals surface area contributed by atoms with Crippen LogP contribution < -0.4 is 5.46 Å². The monoisotopic (exact) mass is 180 g/mol. The summed E-state index contributed by atoms with van der Waals surface area (Å²) in [4.78, 5) is 3.74. The average Bonchev–Trinajstić information content (AvgIpc) is 2.51. The van der Waals surface area contributed by atoms with Crippen molar-refractivity contribution >= 4 is 18.2 Å². The molecule has 2 aromatic heterocycles. The molecule has 2 heterocycles. The molecular formula is C7H6BFN2O2. The fraction of sp³-hybridized carbons (Fsp3) is 0. The topological polar surface area (TPSA) is 57.8 Å². The normalized spacial score (nSPS) is 10.7. The Bertz CT molecular complexity index is 443. The quantitative estimate of drug-likeness (QED) is 0.562. The van der Waals surface area contributed by atoms with Crippen LogP contribution in [-0.4, -0.2) is 26.6 Å². The number of hydrogen-bond acceptors (Lipinski definition) is 3. The van der Waals surface area contributed by atoms with Gasteiger partial charge in [0.25, 0.3) is 0 Å². The van der Waals surface area contributed by atoms with Crippen molar-refractivity contribution in [1.29, 1.82) is 0 Å². The molecule has 2 rings (SSSR count). The smallest absolute Gasteiger partial charge is 0.423 e. The van der Waals surface area contributed by atoms with Crippen LogP contribution in [-0.2, 0) is 0 Å². The molecule has 6 heteroatoms. The van der Waals surface area contributed by atoms with Crippen molar-refractivity contribution in [2.45, 2.75) is 0 Å². The van der Waals surface area contributed by atoms with E-state index in [1.807, 2.05) is 0 Å². The van der Waals surface area contributed by atoms with Gasteiger partial charge in [0.2, 0.25) is 0 Å². The molecule has 0 aliphatic heterocycles. The fourth-order valence-electron chi connectivity index (χ4n) is 1.15. The average molecular weight is 180 g/mol. The summed E-state index contributed by atoms with van der Waals surface area (Å²) >= 11 is 0. The van der Waals surface area contributed by atoms with Gasteiger partial charge in [-0.15, -0.1) is 0 Å². The number of imidazole rings is 1. The Morgan fingerprint density at radius 2 is 2.23 bits per heavy atom. The van der Waals surface area contributed by atoms with Crippen molar-refractivity contribution in [2.75, 3.05) is 0 Å². The highest BCUT2D eigenvalue weighted by atomic mass is 19.1. The van der Waals surface area contributed by atoms with Crippen molar-refractivity contribution in [3.8, 4) is 0 Å². The predicted octanol–water partition coefficient (Wildman–Crippen LogP) is -0.847. The Balaban J connectivity index is 2.70. The predicted molar refractivity (Wildman–Crippen MR) is 45.0 cm³/mol. The number of halogens is 1. The lowest BCUT2D eigenvalue weighted by Crippen LogP contribution is -2.31. The maximum absolute atomic E-state index is 13.1. The summed E-state index contributed by atoms with van der Waals surface area (Å²) < 4.78 is 14.5. The first-order valence-electron chi connectivity index (χ1n) is 3.67. The van der Waals surface area contributed by atoms with Crippen molar-refractivity contribution in [3.63, 3.8) is 0 Å². The van der Waals surface area contributed by atoms with Crippen molar-refractivity contribution in [2.24, 2.45) is 0 Å². The molecule has 2 N–H and O–H groups in total. The molecule has 0 unspecified atom stereocenters. The number of nitrogens with zero attached hydrogens (tertiary/aromatic N) is 2.